The van der Waals surface area contributed by atoms with E-state index < -0.39 is 21.9 Å². The fourth-order valence-electron chi connectivity index (χ4n) is 1.78. The average molecular weight is 287 g/mol. The van der Waals surface area contributed by atoms with Gasteiger partial charge >= 0.3 is 6.18 Å². The number of hydrogen-bond donors (Lipinski definition) is 0. The van der Waals surface area contributed by atoms with E-state index in [0.717, 1.165) is 6.07 Å². The molecule has 2 rings (SSSR count). The molecule has 1 aliphatic rings. The van der Waals surface area contributed by atoms with Gasteiger partial charge in [0.25, 0.3) is 0 Å². The maximum absolute atomic E-state index is 13.4. The van der Waals surface area contributed by atoms with Gasteiger partial charge in [0.1, 0.15) is 10.2 Å². The molecule has 6 heteroatoms. The van der Waals surface area contributed by atoms with E-state index in [0.29, 0.717) is 12.0 Å². The molecule has 1 fully saturated rings. The summed E-state index contributed by atoms with van der Waals surface area (Å²) in [5, 5.41) is 0. The van der Waals surface area contributed by atoms with Crippen LogP contribution >= 0.6 is 23.2 Å². The second-order valence-electron chi connectivity index (χ2n) is 4.21. The van der Waals surface area contributed by atoms with Crippen molar-refractivity contribution in [2.75, 3.05) is 0 Å². The molecule has 1 aromatic carbocycles. The van der Waals surface area contributed by atoms with Crippen LogP contribution in [0.3, 0.4) is 0 Å². The number of halogens is 6. The molecule has 1 saturated carbocycles. The molecule has 0 aromatic heterocycles. The Morgan fingerprint density at radius 3 is 2.24 bits per heavy atom. The van der Waals surface area contributed by atoms with E-state index in [1.165, 1.54) is 13.0 Å². The van der Waals surface area contributed by atoms with Crippen molar-refractivity contribution in [3.05, 3.63) is 34.6 Å². The molecule has 94 valence electrons. The molecule has 1 unspecified atom stereocenters. The Balaban J connectivity index is 2.48. The monoisotopic (exact) mass is 286 g/mol. The Morgan fingerprint density at radius 2 is 1.82 bits per heavy atom. The van der Waals surface area contributed by atoms with Gasteiger partial charge in [-0.25, -0.2) is 4.39 Å². The summed E-state index contributed by atoms with van der Waals surface area (Å²) in [4.78, 5) is 0. The van der Waals surface area contributed by atoms with Crippen LogP contribution in [0.15, 0.2) is 12.1 Å². The summed E-state index contributed by atoms with van der Waals surface area (Å²) >= 11 is 11.6. The number of aryl methyl sites for hydroxylation is 1. The number of hydrogen-bond acceptors (Lipinski definition) is 0. The molecule has 0 heterocycles. The molecule has 17 heavy (non-hydrogen) atoms. The lowest BCUT2D eigenvalue weighted by atomic mass is 10.0. The largest absolute Gasteiger partial charge is 0.419 e. The van der Waals surface area contributed by atoms with Crippen molar-refractivity contribution >= 4 is 23.2 Å². The van der Waals surface area contributed by atoms with Crippen LogP contribution in [0.4, 0.5) is 17.6 Å². The zero-order valence-electron chi connectivity index (χ0n) is 8.71. The van der Waals surface area contributed by atoms with Gasteiger partial charge in [0.05, 0.1) is 5.56 Å². The smallest absolute Gasteiger partial charge is 0.206 e. The van der Waals surface area contributed by atoms with E-state index in [1.807, 2.05) is 0 Å². The van der Waals surface area contributed by atoms with Gasteiger partial charge in [-0.3, -0.25) is 0 Å². The van der Waals surface area contributed by atoms with Crippen molar-refractivity contribution in [2.45, 2.75) is 29.8 Å². The summed E-state index contributed by atoms with van der Waals surface area (Å²) in [5.74, 6) is -1.59. The molecular weight excluding hydrogens is 279 g/mol. The van der Waals surface area contributed by atoms with Crippen molar-refractivity contribution in [3.63, 3.8) is 0 Å². The summed E-state index contributed by atoms with van der Waals surface area (Å²) in [5.41, 5.74) is -0.976. The standard InChI is InChI=1S/C11H8Cl2F4/c1-5-2-6(8-4-10(8,12)13)3-7(9(5)14)11(15,16)17/h2-3,8H,4H2,1H3. The van der Waals surface area contributed by atoms with Gasteiger partial charge in [0, 0.05) is 5.92 Å². The second-order valence-corrected chi connectivity index (χ2v) is 5.76. The minimum atomic E-state index is -4.71. The molecule has 1 aromatic rings. The van der Waals surface area contributed by atoms with Gasteiger partial charge in [-0.1, -0.05) is 6.07 Å². The Hall–Kier alpha value is -0.480. The normalized spacial score (nSPS) is 22.6. The van der Waals surface area contributed by atoms with Gasteiger partial charge in [-0.2, -0.15) is 13.2 Å². The SMILES string of the molecule is Cc1cc(C2CC2(Cl)Cl)cc(C(F)(F)F)c1F. The average Bonchev–Trinajstić information content (AvgIpc) is 2.78. The van der Waals surface area contributed by atoms with Gasteiger partial charge in [-0.15, -0.1) is 23.2 Å². The Bertz CT molecular complexity index is 465. The lowest BCUT2D eigenvalue weighted by Crippen LogP contribution is -2.10. The predicted molar refractivity (Wildman–Crippen MR) is 57.9 cm³/mol. The highest BCUT2D eigenvalue weighted by Gasteiger charge is 2.53. The third-order valence-electron chi connectivity index (χ3n) is 2.81. The Morgan fingerprint density at radius 1 is 1.29 bits per heavy atom. The molecule has 1 aliphatic carbocycles. The van der Waals surface area contributed by atoms with Gasteiger partial charge in [0.2, 0.25) is 0 Å². The lowest BCUT2D eigenvalue weighted by molar-refractivity contribution is -0.140. The van der Waals surface area contributed by atoms with Crippen LogP contribution < -0.4 is 0 Å². The second kappa shape index (κ2) is 3.75. The van der Waals surface area contributed by atoms with Crippen LogP contribution in [-0.4, -0.2) is 4.33 Å². The zero-order chi connectivity index (χ0) is 13.0. The number of benzene rings is 1. The van der Waals surface area contributed by atoms with Gasteiger partial charge < -0.3 is 0 Å². The van der Waals surface area contributed by atoms with Crippen molar-refractivity contribution in [1.82, 2.24) is 0 Å². The highest BCUT2D eigenvalue weighted by molar-refractivity contribution is 6.51. The molecule has 0 bridgehead atoms. The summed E-state index contributed by atoms with van der Waals surface area (Å²) in [6.07, 6.45) is -4.32. The van der Waals surface area contributed by atoms with E-state index in [2.05, 4.69) is 0 Å². The maximum atomic E-state index is 13.4. The first-order valence-corrected chi connectivity index (χ1v) is 5.63. The Labute approximate surface area is 106 Å². The zero-order valence-corrected chi connectivity index (χ0v) is 10.2. The molecule has 0 nitrogen and oxygen atoms in total. The van der Waals surface area contributed by atoms with Crippen LogP contribution in [0, 0.1) is 12.7 Å². The fourth-order valence-corrected chi connectivity index (χ4v) is 2.34. The molecule has 0 saturated heterocycles. The quantitative estimate of drug-likeness (QED) is 0.513. The van der Waals surface area contributed by atoms with E-state index in [1.54, 1.807) is 0 Å². The number of alkyl halides is 5. The number of rotatable bonds is 1. The van der Waals surface area contributed by atoms with E-state index in [9.17, 15) is 17.6 Å². The van der Waals surface area contributed by atoms with Crippen molar-refractivity contribution in [3.8, 4) is 0 Å². The first kappa shape index (κ1) is 13.0. The van der Waals surface area contributed by atoms with E-state index >= 15 is 0 Å². The van der Waals surface area contributed by atoms with Crippen LogP contribution in [0.2, 0.25) is 0 Å². The van der Waals surface area contributed by atoms with Crippen molar-refractivity contribution in [2.24, 2.45) is 0 Å². The van der Waals surface area contributed by atoms with Crippen LogP contribution in [-0.2, 0) is 6.18 Å². The van der Waals surface area contributed by atoms with E-state index in [-0.39, 0.29) is 11.5 Å². The topological polar surface area (TPSA) is 0 Å². The highest BCUT2D eigenvalue weighted by Crippen LogP contribution is 2.60. The molecule has 0 spiro atoms. The molecule has 1 atom stereocenters. The van der Waals surface area contributed by atoms with Gasteiger partial charge in [0.15, 0.2) is 0 Å². The summed E-state index contributed by atoms with van der Waals surface area (Å²) in [7, 11) is 0. The highest BCUT2D eigenvalue weighted by atomic mass is 35.5. The van der Waals surface area contributed by atoms with E-state index in [4.69, 9.17) is 23.2 Å². The van der Waals surface area contributed by atoms with Crippen LogP contribution in [0.1, 0.15) is 29.0 Å². The molecule has 0 aliphatic heterocycles. The minimum absolute atomic E-state index is 0.0501. The van der Waals surface area contributed by atoms with Gasteiger partial charge in [-0.05, 0) is 30.5 Å². The minimum Gasteiger partial charge on any atom is -0.206 e. The fraction of sp³-hybridized carbons (Fsp3) is 0.455. The lowest BCUT2D eigenvalue weighted by Gasteiger charge is -2.12. The first-order chi connectivity index (χ1) is 7.63. The summed E-state index contributed by atoms with van der Waals surface area (Å²) in [6.45, 7) is 1.29. The third kappa shape index (κ3) is 2.38. The third-order valence-corrected chi connectivity index (χ3v) is 3.65. The van der Waals surface area contributed by atoms with Crippen LogP contribution in [0.5, 0.6) is 0 Å². The van der Waals surface area contributed by atoms with Crippen molar-refractivity contribution < 1.29 is 17.6 Å². The summed E-state index contributed by atoms with van der Waals surface area (Å²) < 4.78 is 50.1. The summed E-state index contributed by atoms with van der Waals surface area (Å²) in [6, 6.07) is 2.15. The maximum Gasteiger partial charge on any atom is 0.419 e. The van der Waals surface area contributed by atoms with Crippen LogP contribution in [0.25, 0.3) is 0 Å². The first-order valence-electron chi connectivity index (χ1n) is 4.88. The molecular formula is C11H8Cl2F4. The predicted octanol–water partition coefficient (Wildman–Crippen LogP) is 4.81. The Kier molecular flexibility index (Phi) is 2.86. The van der Waals surface area contributed by atoms with Crippen molar-refractivity contribution in [1.29, 1.82) is 0 Å². The molecule has 0 N–H and O–H groups in total. The molecule has 0 radical (unpaired) electrons. The molecule has 0 amide bonds.